The van der Waals surface area contributed by atoms with Crippen LogP contribution in [0.15, 0.2) is 61.0 Å². The molecule has 1 fully saturated rings. The van der Waals surface area contributed by atoms with Crippen LogP contribution >= 0.6 is 0 Å². The lowest BCUT2D eigenvalue weighted by Gasteiger charge is -2.46. The molecule has 2 N–H and O–H groups in total. The second-order valence-electron chi connectivity index (χ2n) is 8.42. The summed E-state index contributed by atoms with van der Waals surface area (Å²) in [6.07, 6.45) is 9.12. The number of carbonyl (C=O) groups is 2. The number of pyridine rings is 1. The van der Waals surface area contributed by atoms with Gasteiger partial charge in [0.05, 0.1) is 30.3 Å². The molecule has 0 spiro atoms. The van der Waals surface area contributed by atoms with Crippen molar-refractivity contribution in [1.29, 1.82) is 5.41 Å². The SMILES string of the molecule is CC(=N)/C(=C\O)C(=O)N1CCN2C(=O)c3cc(-c4cccnc4)cn3CC12c1cnc(C)cn1. The fraction of sp³-hybridized carbons (Fsp3) is 0.250. The minimum absolute atomic E-state index is 0.0706. The molecule has 5 rings (SSSR count). The highest BCUT2D eigenvalue weighted by Crippen LogP contribution is 2.43. The zero-order chi connectivity index (χ0) is 24.0. The van der Waals surface area contributed by atoms with Crippen molar-refractivity contribution in [2.75, 3.05) is 13.1 Å². The topological polar surface area (TPSA) is 128 Å². The van der Waals surface area contributed by atoms with Gasteiger partial charge < -0.3 is 24.9 Å². The molecule has 3 aromatic heterocycles. The van der Waals surface area contributed by atoms with Crippen LogP contribution in [0.3, 0.4) is 0 Å². The molecule has 10 heteroatoms. The second-order valence-corrected chi connectivity index (χ2v) is 8.42. The van der Waals surface area contributed by atoms with E-state index in [-0.39, 0.29) is 36.8 Å². The first kappa shape index (κ1) is 21.5. The average molecular weight is 457 g/mol. The molecule has 0 aliphatic carbocycles. The summed E-state index contributed by atoms with van der Waals surface area (Å²) in [4.78, 5) is 43.5. The highest BCUT2D eigenvalue weighted by molar-refractivity contribution is 6.19. The number of hydrogen-bond acceptors (Lipinski definition) is 7. The van der Waals surface area contributed by atoms with Crippen molar-refractivity contribution < 1.29 is 14.7 Å². The van der Waals surface area contributed by atoms with Crippen molar-refractivity contribution in [1.82, 2.24) is 29.3 Å². The first-order chi connectivity index (χ1) is 16.4. The Hall–Kier alpha value is -4.34. The normalized spacial score (nSPS) is 19.7. The molecule has 2 aliphatic heterocycles. The van der Waals surface area contributed by atoms with E-state index in [0.717, 1.165) is 11.1 Å². The van der Waals surface area contributed by atoms with Crippen molar-refractivity contribution in [3.8, 4) is 11.1 Å². The quantitative estimate of drug-likeness (QED) is 0.351. The van der Waals surface area contributed by atoms with E-state index in [9.17, 15) is 14.7 Å². The van der Waals surface area contributed by atoms with Gasteiger partial charge in [0.1, 0.15) is 11.4 Å². The number of nitrogens with one attached hydrogen (secondary N) is 1. The maximum Gasteiger partial charge on any atom is 0.272 e. The maximum atomic E-state index is 13.7. The van der Waals surface area contributed by atoms with Crippen LogP contribution in [0.25, 0.3) is 11.1 Å². The fourth-order valence-electron chi connectivity index (χ4n) is 4.73. The van der Waals surface area contributed by atoms with E-state index in [1.807, 2.05) is 35.9 Å². The molecule has 172 valence electrons. The Bertz CT molecular complexity index is 1330. The molecule has 2 amide bonds. The molecule has 1 unspecified atom stereocenters. The highest BCUT2D eigenvalue weighted by Gasteiger charge is 2.57. The lowest BCUT2D eigenvalue weighted by atomic mass is 9.98. The summed E-state index contributed by atoms with van der Waals surface area (Å²) in [6.45, 7) is 3.98. The summed E-state index contributed by atoms with van der Waals surface area (Å²) in [7, 11) is 0. The molecule has 0 bridgehead atoms. The molecule has 34 heavy (non-hydrogen) atoms. The Labute approximate surface area is 195 Å². The standard InChI is InChI=1S/C24H23N7O3/c1-15-9-28-21(11-27-15)24-14-29-12-18(17-4-3-5-26-10-17)8-20(29)23(34)31(24)7-6-30(24)22(33)19(13-32)16(2)25/h3-5,8-13,25,32H,6-7,14H2,1-2H3/b19-13+,25-16?. The molecule has 0 aromatic carbocycles. The molecule has 0 radical (unpaired) electrons. The van der Waals surface area contributed by atoms with E-state index < -0.39 is 11.6 Å². The van der Waals surface area contributed by atoms with Crippen LogP contribution in [0.2, 0.25) is 0 Å². The van der Waals surface area contributed by atoms with Gasteiger partial charge in [-0.15, -0.1) is 0 Å². The first-order valence-electron chi connectivity index (χ1n) is 10.8. The number of aromatic nitrogens is 4. The van der Waals surface area contributed by atoms with Gasteiger partial charge in [0, 0.05) is 54.7 Å². The van der Waals surface area contributed by atoms with E-state index in [2.05, 4.69) is 15.0 Å². The summed E-state index contributed by atoms with van der Waals surface area (Å²) in [5.74, 6) is -0.782. The number of aryl methyl sites for hydroxylation is 1. The van der Waals surface area contributed by atoms with Gasteiger partial charge in [0.2, 0.25) is 0 Å². The lowest BCUT2D eigenvalue weighted by molar-refractivity contribution is -0.136. The molecule has 5 heterocycles. The molecular weight excluding hydrogens is 434 g/mol. The Balaban J connectivity index is 1.68. The van der Waals surface area contributed by atoms with Crippen molar-refractivity contribution in [2.45, 2.75) is 26.1 Å². The second kappa shape index (κ2) is 7.91. The van der Waals surface area contributed by atoms with Crippen LogP contribution in [0.1, 0.15) is 28.8 Å². The number of aliphatic hydroxyl groups excluding tert-OH is 1. The van der Waals surface area contributed by atoms with Crippen LogP contribution in [-0.4, -0.2) is 65.0 Å². The molecule has 10 nitrogen and oxygen atoms in total. The van der Waals surface area contributed by atoms with E-state index in [1.165, 1.54) is 11.8 Å². The van der Waals surface area contributed by atoms with Gasteiger partial charge >= 0.3 is 0 Å². The van der Waals surface area contributed by atoms with Gasteiger partial charge in [-0.1, -0.05) is 6.07 Å². The fourth-order valence-corrected chi connectivity index (χ4v) is 4.73. The van der Waals surface area contributed by atoms with Crippen LogP contribution in [-0.2, 0) is 17.0 Å². The van der Waals surface area contributed by atoms with Crippen LogP contribution in [0.5, 0.6) is 0 Å². The Morgan fingerprint density at radius 3 is 2.68 bits per heavy atom. The number of nitrogens with zero attached hydrogens (tertiary/aromatic N) is 6. The molecule has 0 saturated carbocycles. The Morgan fingerprint density at radius 1 is 1.21 bits per heavy atom. The summed E-state index contributed by atoms with van der Waals surface area (Å²) in [6, 6.07) is 5.58. The third-order valence-corrected chi connectivity index (χ3v) is 6.39. The number of carbonyl (C=O) groups excluding carboxylic acids is 2. The molecule has 2 aliphatic rings. The minimum Gasteiger partial charge on any atom is -0.515 e. The number of rotatable bonds is 4. The highest BCUT2D eigenvalue weighted by atomic mass is 16.2. The Kier molecular flexibility index (Phi) is 5.00. The van der Waals surface area contributed by atoms with Gasteiger partial charge in [0.25, 0.3) is 11.8 Å². The van der Waals surface area contributed by atoms with Gasteiger partial charge in [-0.3, -0.25) is 24.5 Å². The predicted octanol–water partition coefficient (Wildman–Crippen LogP) is 2.28. The molecular formula is C24H23N7O3. The van der Waals surface area contributed by atoms with Crippen molar-refractivity contribution in [3.63, 3.8) is 0 Å². The average Bonchev–Trinajstić information content (AvgIpc) is 3.43. The zero-order valence-corrected chi connectivity index (χ0v) is 18.8. The maximum absolute atomic E-state index is 13.7. The van der Waals surface area contributed by atoms with Crippen molar-refractivity contribution in [3.05, 3.63) is 78.1 Å². The van der Waals surface area contributed by atoms with E-state index in [1.54, 1.807) is 29.7 Å². The predicted molar refractivity (Wildman–Crippen MR) is 123 cm³/mol. The number of hydrogen-bond donors (Lipinski definition) is 2. The Morgan fingerprint density at radius 2 is 2.03 bits per heavy atom. The van der Waals surface area contributed by atoms with Crippen LogP contribution in [0.4, 0.5) is 0 Å². The van der Waals surface area contributed by atoms with Crippen molar-refractivity contribution >= 4 is 17.5 Å². The largest absolute Gasteiger partial charge is 0.515 e. The molecule has 1 saturated heterocycles. The van der Waals surface area contributed by atoms with Gasteiger partial charge in [-0.2, -0.15) is 0 Å². The third-order valence-electron chi connectivity index (χ3n) is 6.39. The monoisotopic (exact) mass is 457 g/mol. The smallest absolute Gasteiger partial charge is 0.272 e. The zero-order valence-electron chi connectivity index (χ0n) is 18.8. The first-order valence-corrected chi connectivity index (χ1v) is 10.8. The van der Waals surface area contributed by atoms with Crippen molar-refractivity contribution in [2.24, 2.45) is 0 Å². The van der Waals surface area contributed by atoms with Crippen LogP contribution < -0.4 is 0 Å². The van der Waals surface area contributed by atoms with Gasteiger partial charge in [0.15, 0.2) is 5.66 Å². The summed E-state index contributed by atoms with van der Waals surface area (Å²) < 4.78 is 1.83. The van der Waals surface area contributed by atoms with E-state index >= 15 is 0 Å². The summed E-state index contributed by atoms with van der Waals surface area (Å²) in [5, 5.41) is 17.6. The molecule has 3 aromatic rings. The number of fused-ring (bicyclic) bond motifs is 2. The van der Waals surface area contributed by atoms with E-state index in [4.69, 9.17) is 5.41 Å². The minimum atomic E-state index is -1.25. The molecule has 1 atom stereocenters. The summed E-state index contributed by atoms with van der Waals surface area (Å²) >= 11 is 0. The summed E-state index contributed by atoms with van der Waals surface area (Å²) in [5.41, 5.74) is 1.91. The number of amides is 2. The van der Waals surface area contributed by atoms with E-state index in [0.29, 0.717) is 23.3 Å². The van der Waals surface area contributed by atoms with Gasteiger partial charge in [-0.25, -0.2) is 0 Å². The number of aliphatic hydroxyl groups is 1. The third kappa shape index (κ3) is 3.10. The lowest BCUT2D eigenvalue weighted by Crippen LogP contribution is -2.60. The van der Waals surface area contributed by atoms with Gasteiger partial charge in [-0.05, 0) is 26.0 Å². The van der Waals surface area contributed by atoms with Crippen LogP contribution in [0, 0.1) is 12.3 Å².